The Hall–Kier alpha value is -1.03. The molecule has 0 saturated heterocycles. The number of aromatic nitrogens is 1. The lowest BCUT2D eigenvalue weighted by Gasteiger charge is -2.14. The normalized spacial score (nSPS) is 11.5. The first-order chi connectivity index (χ1) is 7.08. The zero-order chi connectivity index (χ0) is 11.3. The van der Waals surface area contributed by atoms with E-state index < -0.39 is 0 Å². The number of nitrogen functional groups attached to an aromatic ring is 1. The van der Waals surface area contributed by atoms with Crippen molar-refractivity contribution >= 4 is 5.82 Å². The van der Waals surface area contributed by atoms with Crippen molar-refractivity contribution in [3.8, 4) is 0 Å². The Kier molecular flexibility index (Phi) is 4.62. The highest BCUT2D eigenvalue weighted by Gasteiger charge is 2.05. The molecule has 4 nitrogen and oxygen atoms in total. The van der Waals surface area contributed by atoms with E-state index in [-0.39, 0.29) is 0 Å². The molecule has 0 bridgehead atoms. The molecule has 2 N–H and O–H groups in total. The lowest BCUT2D eigenvalue weighted by molar-refractivity contribution is 0.265. The third kappa shape index (κ3) is 4.83. The van der Waals surface area contributed by atoms with Gasteiger partial charge in [-0.05, 0) is 32.4 Å². The number of nitrogens with zero attached hydrogens (tertiary/aromatic N) is 2. The molecule has 0 atom stereocenters. The summed E-state index contributed by atoms with van der Waals surface area (Å²) in [5, 5.41) is 3.65. The predicted molar refractivity (Wildman–Crippen MR) is 61.3 cm³/mol. The van der Waals surface area contributed by atoms with Crippen molar-refractivity contribution in [1.29, 1.82) is 0 Å². The van der Waals surface area contributed by atoms with E-state index >= 15 is 0 Å². The second-order valence-electron chi connectivity index (χ2n) is 4.49. The lowest BCUT2D eigenvalue weighted by atomic mass is 10.1. The van der Waals surface area contributed by atoms with E-state index in [1.807, 2.05) is 0 Å². The van der Waals surface area contributed by atoms with Gasteiger partial charge in [-0.25, -0.2) is 0 Å². The number of hydrogen-bond acceptors (Lipinski definition) is 4. The summed E-state index contributed by atoms with van der Waals surface area (Å²) in [7, 11) is 2.08. The van der Waals surface area contributed by atoms with Crippen molar-refractivity contribution in [2.45, 2.75) is 33.2 Å². The summed E-state index contributed by atoms with van der Waals surface area (Å²) in [6.45, 7) is 6.36. The van der Waals surface area contributed by atoms with Gasteiger partial charge in [-0.2, -0.15) is 0 Å². The molecule has 0 aliphatic rings. The molecule has 0 spiro atoms. The fourth-order valence-corrected chi connectivity index (χ4v) is 1.52. The number of nitrogens with two attached hydrogens (primary N) is 1. The Morgan fingerprint density at radius 1 is 1.53 bits per heavy atom. The molecule has 0 unspecified atom stereocenters. The van der Waals surface area contributed by atoms with Gasteiger partial charge in [0.2, 0.25) is 0 Å². The summed E-state index contributed by atoms with van der Waals surface area (Å²) in [5.74, 6) is 2.07. The fourth-order valence-electron chi connectivity index (χ4n) is 1.52. The molecule has 86 valence electrons. The summed E-state index contributed by atoms with van der Waals surface area (Å²) in [6.07, 6.45) is 2.49. The van der Waals surface area contributed by atoms with Crippen LogP contribution in [0.1, 0.15) is 32.4 Å². The molecule has 0 aliphatic heterocycles. The van der Waals surface area contributed by atoms with Crippen LogP contribution in [-0.4, -0.2) is 23.6 Å². The van der Waals surface area contributed by atoms with Crippen LogP contribution in [0.15, 0.2) is 10.6 Å². The third-order valence-corrected chi connectivity index (χ3v) is 2.32. The Balaban J connectivity index is 2.21. The van der Waals surface area contributed by atoms with Crippen molar-refractivity contribution in [3.63, 3.8) is 0 Å². The largest absolute Gasteiger partial charge is 0.381 e. The average Bonchev–Trinajstić information content (AvgIpc) is 2.50. The zero-order valence-corrected chi connectivity index (χ0v) is 9.86. The summed E-state index contributed by atoms with van der Waals surface area (Å²) >= 11 is 0. The van der Waals surface area contributed by atoms with Gasteiger partial charge in [-0.1, -0.05) is 19.0 Å². The van der Waals surface area contributed by atoms with Gasteiger partial charge in [0.15, 0.2) is 11.6 Å². The molecule has 1 heterocycles. The highest BCUT2D eigenvalue weighted by atomic mass is 16.5. The standard InChI is InChI=1S/C11H21N3O/c1-9(2)5-4-6-14(3)8-10-7-11(12)13-15-10/h7,9H,4-6,8H2,1-3H3,(H2,12,13). The van der Waals surface area contributed by atoms with Crippen LogP contribution in [-0.2, 0) is 6.54 Å². The first-order valence-electron chi connectivity index (χ1n) is 5.47. The highest BCUT2D eigenvalue weighted by molar-refractivity contribution is 5.26. The smallest absolute Gasteiger partial charge is 0.167 e. The van der Waals surface area contributed by atoms with Crippen molar-refractivity contribution < 1.29 is 4.52 Å². The summed E-state index contributed by atoms with van der Waals surface area (Å²) in [4.78, 5) is 2.22. The minimum Gasteiger partial charge on any atom is -0.381 e. The van der Waals surface area contributed by atoms with E-state index in [2.05, 4.69) is 31.0 Å². The minimum absolute atomic E-state index is 0.459. The summed E-state index contributed by atoms with van der Waals surface area (Å²) in [6, 6.07) is 1.78. The molecule has 0 saturated carbocycles. The van der Waals surface area contributed by atoms with E-state index in [0.717, 1.165) is 24.8 Å². The Morgan fingerprint density at radius 3 is 2.80 bits per heavy atom. The van der Waals surface area contributed by atoms with Crippen molar-refractivity contribution in [2.75, 3.05) is 19.3 Å². The maximum Gasteiger partial charge on any atom is 0.167 e. The van der Waals surface area contributed by atoms with E-state index in [4.69, 9.17) is 10.3 Å². The average molecular weight is 211 g/mol. The maximum absolute atomic E-state index is 5.47. The van der Waals surface area contributed by atoms with Gasteiger partial charge in [-0.15, -0.1) is 0 Å². The van der Waals surface area contributed by atoms with E-state index in [9.17, 15) is 0 Å². The minimum atomic E-state index is 0.459. The molecular weight excluding hydrogens is 190 g/mol. The van der Waals surface area contributed by atoms with Crippen LogP contribution in [0.25, 0.3) is 0 Å². The summed E-state index contributed by atoms with van der Waals surface area (Å²) in [5.41, 5.74) is 5.47. The van der Waals surface area contributed by atoms with Gasteiger partial charge < -0.3 is 10.3 Å². The van der Waals surface area contributed by atoms with Gasteiger partial charge in [0.25, 0.3) is 0 Å². The van der Waals surface area contributed by atoms with Crippen molar-refractivity contribution in [2.24, 2.45) is 5.92 Å². The molecule has 1 aromatic rings. The third-order valence-electron chi connectivity index (χ3n) is 2.32. The van der Waals surface area contributed by atoms with Crippen LogP contribution in [0, 0.1) is 5.92 Å². The SMILES string of the molecule is CC(C)CCCN(C)Cc1cc(N)no1. The Morgan fingerprint density at radius 2 is 2.27 bits per heavy atom. The van der Waals surface area contributed by atoms with Crippen molar-refractivity contribution in [3.05, 3.63) is 11.8 Å². The second-order valence-corrected chi connectivity index (χ2v) is 4.49. The van der Waals surface area contributed by atoms with Crippen LogP contribution in [0.2, 0.25) is 0 Å². The van der Waals surface area contributed by atoms with Crippen LogP contribution >= 0.6 is 0 Å². The first kappa shape index (κ1) is 12.0. The van der Waals surface area contributed by atoms with Crippen molar-refractivity contribution in [1.82, 2.24) is 10.1 Å². The molecule has 0 aromatic carbocycles. The highest BCUT2D eigenvalue weighted by Crippen LogP contribution is 2.09. The Bertz CT molecular complexity index is 283. The molecule has 0 radical (unpaired) electrons. The fraction of sp³-hybridized carbons (Fsp3) is 0.727. The molecule has 1 aromatic heterocycles. The van der Waals surface area contributed by atoms with Crippen LogP contribution < -0.4 is 5.73 Å². The maximum atomic E-state index is 5.47. The van der Waals surface area contributed by atoms with Gasteiger partial charge in [0, 0.05) is 6.07 Å². The van der Waals surface area contributed by atoms with Gasteiger partial charge >= 0.3 is 0 Å². The van der Waals surface area contributed by atoms with Crippen LogP contribution in [0.3, 0.4) is 0 Å². The molecule has 1 rings (SSSR count). The molecular formula is C11H21N3O. The zero-order valence-electron chi connectivity index (χ0n) is 9.86. The molecule has 0 fully saturated rings. The summed E-state index contributed by atoms with van der Waals surface area (Å²) < 4.78 is 5.05. The molecule has 0 amide bonds. The van der Waals surface area contributed by atoms with Gasteiger partial charge in [0.1, 0.15) is 0 Å². The molecule has 0 aliphatic carbocycles. The van der Waals surface area contributed by atoms with Crippen LogP contribution in [0.4, 0.5) is 5.82 Å². The topological polar surface area (TPSA) is 55.3 Å². The quantitative estimate of drug-likeness (QED) is 0.783. The molecule has 4 heteroatoms. The van der Waals surface area contributed by atoms with Gasteiger partial charge in [0.05, 0.1) is 6.54 Å². The second kappa shape index (κ2) is 5.75. The lowest BCUT2D eigenvalue weighted by Crippen LogP contribution is -2.19. The van der Waals surface area contributed by atoms with E-state index in [1.165, 1.54) is 12.8 Å². The number of rotatable bonds is 6. The number of hydrogen-bond donors (Lipinski definition) is 1. The number of anilines is 1. The Labute approximate surface area is 91.4 Å². The van der Waals surface area contributed by atoms with E-state index in [1.54, 1.807) is 6.07 Å². The first-order valence-corrected chi connectivity index (χ1v) is 5.47. The van der Waals surface area contributed by atoms with Crippen LogP contribution in [0.5, 0.6) is 0 Å². The molecule has 15 heavy (non-hydrogen) atoms. The predicted octanol–water partition coefficient (Wildman–Crippen LogP) is 2.12. The monoisotopic (exact) mass is 211 g/mol. The van der Waals surface area contributed by atoms with E-state index in [0.29, 0.717) is 5.82 Å². The van der Waals surface area contributed by atoms with Gasteiger partial charge in [-0.3, -0.25) is 4.90 Å².